The van der Waals surface area contributed by atoms with Crippen molar-refractivity contribution in [3.8, 4) is 0 Å². The van der Waals surface area contributed by atoms with Crippen LogP contribution >= 0.6 is 0 Å². The van der Waals surface area contributed by atoms with E-state index in [0.29, 0.717) is 6.42 Å². The van der Waals surface area contributed by atoms with E-state index < -0.39 is 18.5 Å². The van der Waals surface area contributed by atoms with Crippen LogP contribution in [-0.4, -0.2) is 12.7 Å². The van der Waals surface area contributed by atoms with Gasteiger partial charge in [-0.05, 0) is 12.5 Å². The van der Waals surface area contributed by atoms with Gasteiger partial charge in [0, 0.05) is 6.42 Å². The fraction of sp³-hybridized carbons (Fsp3) is 1.00. The third kappa shape index (κ3) is 4.61. The summed E-state index contributed by atoms with van der Waals surface area (Å²) in [5.41, 5.74) is 5.09. The molecule has 0 bridgehead atoms. The lowest BCUT2D eigenvalue weighted by Crippen LogP contribution is -2.21. The third-order valence-electron chi connectivity index (χ3n) is 1.43. The van der Waals surface area contributed by atoms with Gasteiger partial charge in [-0.3, -0.25) is 0 Å². The number of rotatable bonds is 3. The highest BCUT2D eigenvalue weighted by atomic mass is 19.4. The van der Waals surface area contributed by atoms with Gasteiger partial charge in [0.1, 0.15) is 0 Å². The van der Waals surface area contributed by atoms with Crippen LogP contribution in [-0.2, 0) is 0 Å². The van der Waals surface area contributed by atoms with E-state index in [1.165, 1.54) is 0 Å². The highest BCUT2D eigenvalue weighted by Crippen LogP contribution is 2.25. The monoisotopic (exact) mass is 155 g/mol. The Bertz CT molecular complexity index is 85.5. The molecule has 0 heterocycles. The molecule has 0 spiro atoms. The lowest BCUT2D eigenvalue weighted by atomic mass is 10.0. The smallest absolute Gasteiger partial charge is 0.330 e. The normalized spacial score (nSPS) is 15.3. The van der Waals surface area contributed by atoms with Crippen molar-refractivity contribution in [3.05, 3.63) is 0 Å². The maximum atomic E-state index is 11.6. The molecule has 0 amide bonds. The number of nitrogens with two attached hydrogens (primary N) is 1. The molecule has 0 fully saturated rings. The molecule has 1 atom stereocenters. The van der Waals surface area contributed by atoms with Crippen LogP contribution in [0.1, 0.15) is 19.8 Å². The summed E-state index contributed by atoms with van der Waals surface area (Å²) in [4.78, 5) is 0. The number of hydrogen-bond acceptors (Lipinski definition) is 1. The lowest BCUT2D eigenvalue weighted by Gasteiger charge is -2.13. The summed E-state index contributed by atoms with van der Waals surface area (Å²) in [6.45, 7) is 1.83. The summed E-state index contributed by atoms with van der Waals surface area (Å²) >= 11 is 0. The first-order valence-electron chi connectivity index (χ1n) is 3.26. The van der Waals surface area contributed by atoms with Gasteiger partial charge in [0.2, 0.25) is 0 Å². The van der Waals surface area contributed by atoms with Crippen molar-refractivity contribution in [2.24, 2.45) is 11.7 Å². The van der Waals surface area contributed by atoms with Crippen molar-refractivity contribution >= 4 is 0 Å². The summed E-state index contributed by atoms with van der Waals surface area (Å²) in [6.07, 6.45) is -4.31. The van der Waals surface area contributed by atoms with Crippen LogP contribution in [0.25, 0.3) is 0 Å². The molecule has 0 aliphatic rings. The van der Waals surface area contributed by atoms with Crippen LogP contribution in [0.5, 0.6) is 0 Å². The summed E-state index contributed by atoms with van der Waals surface area (Å²) in [6, 6.07) is 0. The fourth-order valence-electron chi connectivity index (χ4n) is 0.722. The van der Waals surface area contributed by atoms with Gasteiger partial charge < -0.3 is 5.73 Å². The van der Waals surface area contributed by atoms with Crippen LogP contribution in [0.3, 0.4) is 0 Å². The van der Waals surface area contributed by atoms with Crippen LogP contribution in [0.15, 0.2) is 0 Å². The minimum atomic E-state index is -4.06. The third-order valence-corrected chi connectivity index (χ3v) is 1.43. The number of halogens is 3. The Morgan fingerprint density at radius 2 is 1.90 bits per heavy atom. The Balaban J connectivity index is 3.63. The Kier molecular flexibility index (Phi) is 3.71. The predicted molar refractivity (Wildman–Crippen MR) is 33.5 cm³/mol. The van der Waals surface area contributed by atoms with E-state index >= 15 is 0 Å². The van der Waals surface area contributed by atoms with Gasteiger partial charge in [-0.25, -0.2) is 0 Å². The molecule has 0 aliphatic carbocycles. The molecule has 1 unspecified atom stereocenters. The highest BCUT2D eigenvalue weighted by molar-refractivity contribution is 4.62. The van der Waals surface area contributed by atoms with Crippen LogP contribution in [0.4, 0.5) is 13.2 Å². The quantitative estimate of drug-likeness (QED) is 0.662. The van der Waals surface area contributed by atoms with Gasteiger partial charge in [0.05, 0.1) is 0 Å². The first kappa shape index (κ1) is 9.75. The second-order valence-electron chi connectivity index (χ2n) is 2.33. The Morgan fingerprint density at radius 3 is 2.00 bits per heavy atom. The maximum absolute atomic E-state index is 11.6. The van der Waals surface area contributed by atoms with E-state index in [1.807, 2.05) is 0 Å². The van der Waals surface area contributed by atoms with Crippen molar-refractivity contribution in [2.75, 3.05) is 6.54 Å². The molecule has 0 saturated heterocycles. The molecule has 1 nitrogen and oxygen atoms in total. The average molecular weight is 155 g/mol. The van der Waals surface area contributed by atoms with Gasteiger partial charge in [-0.1, -0.05) is 13.3 Å². The molecule has 4 heteroatoms. The molecule has 62 valence electrons. The van der Waals surface area contributed by atoms with Crippen molar-refractivity contribution in [1.29, 1.82) is 0 Å². The van der Waals surface area contributed by atoms with E-state index in [2.05, 4.69) is 0 Å². The molecule has 0 saturated carbocycles. The van der Waals surface area contributed by atoms with E-state index in [4.69, 9.17) is 5.73 Å². The van der Waals surface area contributed by atoms with Gasteiger partial charge in [0.15, 0.2) is 0 Å². The van der Waals surface area contributed by atoms with E-state index in [0.717, 1.165) is 0 Å². The molecule has 0 aliphatic heterocycles. The number of hydrogen-bond donors (Lipinski definition) is 1. The van der Waals surface area contributed by atoms with Gasteiger partial charge >= 0.3 is 6.18 Å². The fourth-order valence-corrected chi connectivity index (χ4v) is 0.722. The van der Waals surface area contributed by atoms with Crippen molar-refractivity contribution in [3.63, 3.8) is 0 Å². The van der Waals surface area contributed by atoms with Gasteiger partial charge in [-0.2, -0.15) is 13.2 Å². The second-order valence-corrected chi connectivity index (χ2v) is 2.33. The molecule has 0 radical (unpaired) electrons. The van der Waals surface area contributed by atoms with Crippen molar-refractivity contribution in [2.45, 2.75) is 25.9 Å². The Hall–Kier alpha value is -0.250. The standard InChI is InChI=1S/C6H12F3N/c1-2-5(4-10)3-6(7,8)9/h5H,2-4,10H2,1H3. The zero-order valence-electron chi connectivity index (χ0n) is 5.91. The molecule has 0 aromatic carbocycles. The summed E-state index contributed by atoms with van der Waals surface area (Å²) in [7, 11) is 0. The first-order valence-corrected chi connectivity index (χ1v) is 3.26. The average Bonchev–Trinajstić information content (AvgIpc) is 1.81. The SMILES string of the molecule is CCC(CN)CC(F)(F)F. The molecule has 0 rings (SSSR count). The van der Waals surface area contributed by atoms with Crippen LogP contribution in [0, 0.1) is 5.92 Å². The van der Waals surface area contributed by atoms with Crippen molar-refractivity contribution in [1.82, 2.24) is 0 Å². The van der Waals surface area contributed by atoms with Crippen molar-refractivity contribution < 1.29 is 13.2 Å². The Labute approximate surface area is 58.4 Å². The largest absolute Gasteiger partial charge is 0.389 e. The van der Waals surface area contributed by atoms with Crippen LogP contribution < -0.4 is 5.73 Å². The zero-order chi connectivity index (χ0) is 8.20. The van der Waals surface area contributed by atoms with Crippen LogP contribution in [0.2, 0.25) is 0 Å². The summed E-state index contributed by atoms with van der Waals surface area (Å²) in [5, 5.41) is 0. The highest BCUT2D eigenvalue weighted by Gasteiger charge is 2.30. The molecular formula is C6H12F3N. The molecule has 0 aromatic rings. The maximum Gasteiger partial charge on any atom is 0.389 e. The molecule has 2 N–H and O–H groups in total. The van der Waals surface area contributed by atoms with E-state index in [9.17, 15) is 13.2 Å². The van der Waals surface area contributed by atoms with Gasteiger partial charge in [0.25, 0.3) is 0 Å². The zero-order valence-corrected chi connectivity index (χ0v) is 5.91. The topological polar surface area (TPSA) is 26.0 Å². The first-order chi connectivity index (χ1) is 4.49. The minimum absolute atomic E-state index is 0.121. The second kappa shape index (κ2) is 3.81. The Morgan fingerprint density at radius 1 is 1.40 bits per heavy atom. The summed E-state index contributed by atoms with van der Waals surface area (Å²) < 4.78 is 34.9. The van der Waals surface area contributed by atoms with E-state index in [1.54, 1.807) is 6.92 Å². The molecular weight excluding hydrogens is 143 g/mol. The summed E-state index contributed by atoms with van der Waals surface area (Å²) in [5.74, 6) is -0.403. The predicted octanol–water partition coefficient (Wildman–Crippen LogP) is 1.92. The van der Waals surface area contributed by atoms with E-state index in [-0.39, 0.29) is 6.54 Å². The van der Waals surface area contributed by atoms with Gasteiger partial charge in [-0.15, -0.1) is 0 Å². The molecule has 0 aromatic heterocycles. The number of alkyl halides is 3. The lowest BCUT2D eigenvalue weighted by molar-refractivity contribution is -0.143. The molecule has 10 heavy (non-hydrogen) atoms. The minimum Gasteiger partial charge on any atom is -0.330 e.